The maximum absolute atomic E-state index is 12.5. The fourth-order valence-electron chi connectivity index (χ4n) is 3.35. The van der Waals surface area contributed by atoms with E-state index in [1.165, 1.54) is 12.1 Å². The van der Waals surface area contributed by atoms with Gasteiger partial charge in [0.25, 0.3) is 0 Å². The van der Waals surface area contributed by atoms with E-state index < -0.39 is 42.5 Å². The SMILES string of the molecule is N[C@H]1Cc2cc(ccc2O)-c2ccc(O)c(c2)C[C@@H](C(=O)O)NC(=O)C(CO)NC1=O. The predicted molar refractivity (Wildman–Crippen MR) is 109 cm³/mol. The summed E-state index contributed by atoms with van der Waals surface area (Å²) in [5.74, 6) is -3.24. The van der Waals surface area contributed by atoms with Gasteiger partial charge in [0.2, 0.25) is 11.8 Å². The molecule has 3 rings (SSSR count). The van der Waals surface area contributed by atoms with Gasteiger partial charge in [-0.2, -0.15) is 0 Å². The van der Waals surface area contributed by atoms with Gasteiger partial charge >= 0.3 is 5.97 Å². The van der Waals surface area contributed by atoms with E-state index in [9.17, 15) is 34.8 Å². The molecule has 0 fully saturated rings. The number of aliphatic hydroxyl groups is 1. The number of aliphatic carboxylic acids is 1. The second-order valence-electron chi connectivity index (χ2n) is 7.34. The summed E-state index contributed by atoms with van der Waals surface area (Å²) in [6.45, 7) is -0.780. The molecule has 0 aliphatic carbocycles. The van der Waals surface area contributed by atoms with Gasteiger partial charge in [-0.3, -0.25) is 9.59 Å². The fraction of sp³-hybridized carbons (Fsp3) is 0.286. The van der Waals surface area contributed by atoms with Crippen LogP contribution in [0.1, 0.15) is 11.1 Å². The van der Waals surface area contributed by atoms with Crippen molar-refractivity contribution in [3.8, 4) is 22.6 Å². The molecule has 4 bridgehead atoms. The third-order valence-electron chi connectivity index (χ3n) is 5.12. The van der Waals surface area contributed by atoms with Gasteiger partial charge in [0, 0.05) is 12.8 Å². The Morgan fingerprint density at radius 2 is 1.48 bits per heavy atom. The van der Waals surface area contributed by atoms with E-state index >= 15 is 0 Å². The number of aromatic hydroxyl groups is 2. The number of fused-ring (bicyclic) bond motifs is 5. The van der Waals surface area contributed by atoms with Crippen LogP contribution in [0.3, 0.4) is 0 Å². The monoisotopic (exact) mass is 429 g/mol. The van der Waals surface area contributed by atoms with Crippen LogP contribution in [0.2, 0.25) is 0 Å². The lowest BCUT2D eigenvalue weighted by atomic mass is 9.95. The number of hydrogen-bond acceptors (Lipinski definition) is 7. The van der Waals surface area contributed by atoms with E-state index in [1.807, 2.05) is 0 Å². The molecule has 0 saturated heterocycles. The summed E-state index contributed by atoms with van der Waals surface area (Å²) in [7, 11) is 0. The highest BCUT2D eigenvalue weighted by atomic mass is 16.4. The van der Waals surface area contributed by atoms with Crippen LogP contribution in [-0.2, 0) is 27.2 Å². The molecule has 10 nitrogen and oxygen atoms in total. The van der Waals surface area contributed by atoms with E-state index in [-0.39, 0.29) is 29.9 Å². The zero-order valence-electron chi connectivity index (χ0n) is 16.4. The van der Waals surface area contributed by atoms with Crippen molar-refractivity contribution in [1.82, 2.24) is 10.6 Å². The summed E-state index contributed by atoms with van der Waals surface area (Å²) in [4.78, 5) is 36.6. The predicted octanol–water partition coefficient (Wildman–Crippen LogP) is -0.763. The standard InChI is InChI=1S/C21H23N3O7/c22-14-7-12-5-10(1-3-17(12)26)11-2-4-18(27)13(6-11)8-15(21(30)31)23-20(29)16(9-25)24-19(14)28/h1-6,14-16,25-27H,7-9,22H2,(H,23,29)(H,24,28)(H,30,31)/t14-,15-,16?/m0/s1. The number of hydrogen-bond donors (Lipinski definition) is 7. The van der Waals surface area contributed by atoms with Gasteiger partial charge < -0.3 is 36.8 Å². The topological polar surface area (TPSA) is 182 Å². The molecular formula is C21H23N3O7. The van der Waals surface area contributed by atoms with Gasteiger partial charge in [-0.25, -0.2) is 4.79 Å². The van der Waals surface area contributed by atoms with Crippen molar-refractivity contribution >= 4 is 17.8 Å². The minimum Gasteiger partial charge on any atom is -0.508 e. The van der Waals surface area contributed by atoms with Crippen LogP contribution in [0.5, 0.6) is 11.5 Å². The Kier molecular flexibility index (Phi) is 6.42. The first-order chi connectivity index (χ1) is 14.7. The highest BCUT2D eigenvalue weighted by molar-refractivity contribution is 5.92. The van der Waals surface area contributed by atoms with Crippen LogP contribution in [0.25, 0.3) is 11.1 Å². The molecular weight excluding hydrogens is 406 g/mol. The van der Waals surface area contributed by atoms with Crippen molar-refractivity contribution in [2.45, 2.75) is 31.0 Å². The number of carbonyl (C=O) groups excluding carboxylic acids is 2. The first-order valence-electron chi connectivity index (χ1n) is 9.53. The van der Waals surface area contributed by atoms with Gasteiger partial charge in [-0.15, -0.1) is 0 Å². The first kappa shape index (κ1) is 22.1. The number of phenolic OH excluding ortho intramolecular Hbond substituents is 2. The molecule has 0 saturated carbocycles. The van der Waals surface area contributed by atoms with Crippen LogP contribution >= 0.6 is 0 Å². The molecule has 2 aromatic carbocycles. The van der Waals surface area contributed by atoms with Crippen LogP contribution in [0.4, 0.5) is 0 Å². The highest BCUT2D eigenvalue weighted by Crippen LogP contribution is 2.30. The molecule has 31 heavy (non-hydrogen) atoms. The largest absolute Gasteiger partial charge is 0.508 e. The second-order valence-corrected chi connectivity index (χ2v) is 7.34. The van der Waals surface area contributed by atoms with Crippen molar-refractivity contribution in [3.05, 3.63) is 47.5 Å². The van der Waals surface area contributed by atoms with Crippen LogP contribution in [0.15, 0.2) is 36.4 Å². The van der Waals surface area contributed by atoms with Crippen molar-refractivity contribution < 1.29 is 34.8 Å². The number of amides is 2. The molecule has 8 N–H and O–H groups in total. The van der Waals surface area contributed by atoms with Crippen LogP contribution in [-0.4, -0.2) is 62.9 Å². The zero-order valence-corrected chi connectivity index (χ0v) is 16.4. The average molecular weight is 429 g/mol. The summed E-state index contributed by atoms with van der Waals surface area (Å²) in [5, 5.41) is 44.0. The molecule has 1 aliphatic heterocycles. The van der Waals surface area contributed by atoms with Gasteiger partial charge in [0.1, 0.15) is 23.6 Å². The number of carboxylic acids is 1. The molecule has 1 unspecified atom stereocenters. The number of carbonyl (C=O) groups is 3. The Bertz CT molecular complexity index is 1020. The Morgan fingerprint density at radius 1 is 0.935 bits per heavy atom. The van der Waals surface area contributed by atoms with E-state index in [0.29, 0.717) is 16.7 Å². The molecule has 2 amide bonds. The molecule has 0 radical (unpaired) electrons. The van der Waals surface area contributed by atoms with Gasteiger partial charge in [0.15, 0.2) is 0 Å². The summed E-state index contributed by atoms with van der Waals surface area (Å²) < 4.78 is 0. The Hall–Kier alpha value is -3.63. The van der Waals surface area contributed by atoms with Gasteiger partial charge in [-0.05, 0) is 46.5 Å². The summed E-state index contributed by atoms with van der Waals surface area (Å²) >= 11 is 0. The number of carboxylic acid groups (broad SMARTS) is 1. The van der Waals surface area contributed by atoms with E-state index in [4.69, 9.17) is 5.73 Å². The third-order valence-corrected chi connectivity index (χ3v) is 5.12. The smallest absolute Gasteiger partial charge is 0.326 e. The third kappa shape index (κ3) is 4.93. The minimum atomic E-state index is -1.43. The average Bonchev–Trinajstić information content (AvgIpc) is 2.73. The Balaban J connectivity index is 2.11. The summed E-state index contributed by atoms with van der Waals surface area (Å²) in [5.41, 5.74) is 7.87. The maximum Gasteiger partial charge on any atom is 0.326 e. The van der Waals surface area contributed by atoms with Gasteiger partial charge in [-0.1, -0.05) is 12.1 Å². The van der Waals surface area contributed by atoms with Crippen molar-refractivity contribution in [3.63, 3.8) is 0 Å². The van der Waals surface area contributed by atoms with Crippen LogP contribution < -0.4 is 16.4 Å². The molecule has 2 aromatic rings. The van der Waals surface area contributed by atoms with E-state index in [2.05, 4.69) is 10.6 Å². The quantitative estimate of drug-likeness (QED) is 0.325. The number of nitrogens with one attached hydrogen (secondary N) is 2. The Labute approximate surface area is 177 Å². The fourth-order valence-corrected chi connectivity index (χ4v) is 3.35. The minimum absolute atomic E-state index is 0.0477. The first-order valence-corrected chi connectivity index (χ1v) is 9.53. The molecule has 10 heteroatoms. The lowest BCUT2D eigenvalue weighted by molar-refractivity contribution is -0.142. The van der Waals surface area contributed by atoms with Crippen molar-refractivity contribution in [2.75, 3.05) is 6.61 Å². The maximum atomic E-state index is 12.5. The summed E-state index contributed by atoms with van der Waals surface area (Å²) in [6, 6.07) is 5.34. The van der Waals surface area contributed by atoms with Gasteiger partial charge in [0.05, 0.1) is 12.6 Å². The highest BCUT2D eigenvalue weighted by Gasteiger charge is 2.29. The van der Waals surface area contributed by atoms with E-state index in [0.717, 1.165) is 0 Å². The second kappa shape index (κ2) is 9.02. The molecule has 1 aliphatic rings. The molecule has 3 atom stereocenters. The summed E-state index contributed by atoms with van der Waals surface area (Å²) in [6.07, 6.45) is -0.286. The van der Waals surface area contributed by atoms with Crippen molar-refractivity contribution in [2.24, 2.45) is 5.73 Å². The van der Waals surface area contributed by atoms with Crippen molar-refractivity contribution in [1.29, 1.82) is 0 Å². The number of phenols is 2. The Morgan fingerprint density at radius 3 is 2.00 bits per heavy atom. The zero-order chi connectivity index (χ0) is 22.7. The number of nitrogens with two attached hydrogens (primary N) is 1. The molecule has 0 aromatic heterocycles. The molecule has 164 valence electrons. The molecule has 0 spiro atoms. The normalized spacial score (nSPS) is 21.9. The lowest BCUT2D eigenvalue weighted by Gasteiger charge is -2.21. The van der Waals surface area contributed by atoms with E-state index in [1.54, 1.807) is 24.3 Å². The number of rotatable bonds is 2. The van der Waals surface area contributed by atoms with Crippen LogP contribution in [0, 0.1) is 0 Å². The number of benzene rings is 2. The lowest BCUT2D eigenvalue weighted by Crippen LogP contribution is -2.56. The number of aliphatic hydroxyl groups excluding tert-OH is 1. The molecule has 1 heterocycles.